The SMILES string of the molecule is CC1CCC(CN)C(c2cccc(Br)c2F)C1. The van der Waals surface area contributed by atoms with E-state index in [-0.39, 0.29) is 11.7 Å². The van der Waals surface area contributed by atoms with Crippen molar-refractivity contribution in [2.45, 2.75) is 32.1 Å². The molecule has 0 heterocycles. The molecule has 3 heteroatoms. The molecule has 0 aromatic heterocycles. The summed E-state index contributed by atoms with van der Waals surface area (Å²) >= 11 is 3.26. The van der Waals surface area contributed by atoms with Crippen LogP contribution in [0.1, 0.15) is 37.7 Å². The molecule has 1 aromatic rings. The zero-order chi connectivity index (χ0) is 12.4. The molecule has 0 radical (unpaired) electrons. The third-order valence-electron chi connectivity index (χ3n) is 3.94. The number of hydrogen-bond donors (Lipinski definition) is 1. The van der Waals surface area contributed by atoms with Gasteiger partial charge in [-0.05, 0) is 64.7 Å². The first-order chi connectivity index (χ1) is 8.13. The second kappa shape index (κ2) is 5.49. The fourth-order valence-electron chi connectivity index (χ4n) is 2.91. The molecule has 1 aliphatic rings. The van der Waals surface area contributed by atoms with E-state index in [0.29, 0.717) is 22.9 Å². The Labute approximate surface area is 111 Å². The molecule has 94 valence electrons. The van der Waals surface area contributed by atoms with Crippen molar-refractivity contribution in [1.82, 2.24) is 0 Å². The maximum absolute atomic E-state index is 14.1. The van der Waals surface area contributed by atoms with Gasteiger partial charge in [-0.15, -0.1) is 0 Å². The van der Waals surface area contributed by atoms with Gasteiger partial charge in [0.05, 0.1) is 4.47 Å². The third-order valence-corrected chi connectivity index (χ3v) is 4.55. The largest absolute Gasteiger partial charge is 0.330 e. The highest BCUT2D eigenvalue weighted by atomic mass is 79.9. The van der Waals surface area contributed by atoms with Crippen LogP contribution in [0.15, 0.2) is 22.7 Å². The average molecular weight is 300 g/mol. The molecule has 0 spiro atoms. The van der Waals surface area contributed by atoms with Gasteiger partial charge in [0.25, 0.3) is 0 Å². The summed E-state index contributed by atoms with van der Waals surface area (Å²) < 4.78 is 14.7. The minimum atomic E-state index is -0.106. The van der Waals surface area contributed by atoms with E-state index in [1.807, 2.05) is 12.1 Å². The molecule has 0 bridgehead atoms. The minimum Gasteiger partial charge on any atom is -0.330 e. The van der Waals surface area contributed by atoms with Crippen LogP contribution in [0.3, 0.4) is 0 Å². The lowest BCUT2D eigenvalue weighted by molar-refractivity contribution is 0.249. The molecule has 1 aliphatic carbocycles. The summed E-state index contributed by atoms with van der Waals surface area (Å²) in [5, 5.41) is 0. The van der Waals surface area contributed by atoms with Gasteiger partial charge in [-0.3, -0.25) is 0 Å². The van der Waals surface area contributed by atoms with Gasteiger partial charge < -0.3 is 5.73 Å². The van der Waals surface area contributed by atoms with Crippen LogP contribution in [0.4, 0.5) is 4.39 Å². The lowest BCUT2D eigenvalue weighted by atomic mass is 9.71. The molecule has 1 saturated carbocycles. The van der Waals surface area contributed by atoms with Crippen LogP contribution < -0.4 is 5.73 Å². The number of halogens is 2. The predicted octanol–water partition coefficient (Wildman–Crippen LogP) is 4.07. The molecule has 1 nitrogen and oxygen atoms in total. The average Bonchev–Trinajstić information content (AvgIpc) is 2.33. The van der Waals surface area contributed by atoms with Crippen LogP contribution in [0.2, 0.25) is 0 Å². The molecule has 3 atom stereocenters. The van der Waals surface area contributed by atoms with Gasteiger partial charge in [0, 0.05) is 0 Å². The summed E-state index contributed by atoms with van der Waals surface area (Å²) in [6.45, 7) is 2.90. The summed E-state index contributed by atoms with van der Waals surface area (Å²) in [6.07, 6.45) is 3.39. The highest BCUT2D eigenvalue weighted by Gasteiger charge is 2.30. The Morgan fingerprint density at radius 2 is 2.18 bits per heavy atom. The van der Waals surface area contributed by atoms with Crippen molar-refractivity contribution < 1.29 is 4.39 Å². The first-order valence-corrected chi connectivity index (χ1v) is 7.06. The van der Waals surface area contributed by atoms with Gasteiger partial charge in [-0.1, -0.05) is 25.5 Å². The quantitative estimate of drug-likeness (QED) is 0.875. The number of benzene rings is 1. The van der Waals surface area contributed by atoms with E-state index in [9.17, 15) is 4.39 Å². The molecule has 17 heavy (non-hydrogen) atoms. The molecule has 1 fully saturated rings. The van der Waals surface area contributed by atoms with Crippen LogP contribution >= 0.6 is 15.9 Å². The van der Waals surface area contributed by atoms with E-state index in [4.69, 9.17) is 5.73 Å². The van der Waals surface area contributed by atoms with Crippen molar-refractivity contribution in [3.63, 3.8) is 0 Å². The van der Waals surface area contributed by atoms with Gasteiger partial charge in [-0.2, -0.15) is 0 Å². The zero-order valence-corrected chi connectivity index (χ0v) is 11.7. The fraction of sp³-hybridized carbons (Fsp3) is 0.571. The van der Waals surface area contributed by atoms with Gasteiger partial charge in [0.1, 0.15) is 5.82 Å². The van der Waals surface area contributed by atoms with Crippen LogP contribution in [-0.2, 0) is 0 Å². The van der Waals surface area contributed by atoms with Crippen molar-refractivity contribution in [3.8, 4) is 0 Å². The van der Waals surface area contributed by atoms with Crippen LogP contribution in [0.5, 0.6) is 0 Å². The molecule has 0 saturated heterocycles. The lowest BCUT2D eigenvalue weighted by Crippen LogP contribution is -2.28. The molecular weight excluding hydrogens is 281 g/mol. The van der Waals surface area contributed by atoms with E-state index in [2.05, 4.69) is 22.9 Å². The monoisotopic (exact) mass is 299 g/mol. The molecule has 0 amide bonds. The van der Waals surface area contributed by atoms with Gasteiger partial charge in [-0.25, -0.2) is 4.39 Å². The summed E-state index contributed by atoms with van der Waals surface area (Å²) in [4.78, 5) is 0. The first-order valence-electron chi connectivity index (χ1n) is 6.27. The lowest BCUT2D eigenvalue weighted by Gasteiger charge is -2.34. The van der Waals surface area contributed by atoms with E-state index in [1.165, 1.54) is 6.42 Å². The smallest absolute Gasteiger partial charge is 0.140 e. The van der Waals surface area contributed by atoms with Crippen LogP contribution in [-0.4, -0.2) is 6.54 Å². The van der Waals surface area contributed by atoms with Crippen molar-refractivity contribution in [2.24, 2.45) is 17.6 Å². The second-order valence-electron chi connectivity index (χ2n) is 5.16. The summed E-state index contributed by atoms with van der Waals surface area (Å²) in [7, 11) is 0. The molecule has 2 rings (SSSR count). The third kappa shape index (κ3) is 2.71. The Hall–Kier alpha value is -0.410. The summed E-state index contributed by atoms with van der Waals surface area (Å²) in [6, 6.07) is 5.57. The topological polar surface area (TPSA) is 26.0 Å². The standard InChI is InChI=1S/C14H19BrFN/c1-9-5-6-10(8-17)12(7-9)11-3-2-4-13(15)14(11)16/h2-4,9-10,12H,5-8,17H2,1H3. The first kappa shape index (κ1) is 13.0. The van der Waals surface area contributed by atoms with Crippen molar-refractivity contribution in [2.75, 3.05) is 6.54 Å². The van der Waals surface area contributed by atoms with Crippen LogP contribution in [0, 0.1) is 17.7 Å². The Kier molecular flexibility index (Phi) is 4.21. The van der Waals surface area contributed by atoms with E-state index >= 15 is 0 Å². The zero-order valence-electron chi connectivity index (χ0n) is 10.1. The Morgan fingerprint density at radius 1 is 1.41 bits per heavy atom. The molecule has 1 aromatic carbocycles. The Balaban J connectivity index is 2.32. The number of hydrogen-bond acceptors (Lipinski definition) is 1. The highest BCUT2D eigenvalue weighted by Crippen LogP contribution is 2.41. The van der Waals surface area contributed by atoms with Crippen molar-refractivity contribution in [1.29, 1.82) is 0 Å². The molecule has 3 unspecified atom stereocenters. The summed E-state index contributed by atoms with van der Waals surface area (Å²) in [5.74, 6) is 1.27. The van der Waals surface area contributed by atoms with Gasteiger partial charge >= 0.3 is 0 Å². The van der Waals surface area contributed by atoms with E-state index < -0.39 is 0 Å². The van der Waals surface area contributed by atoms with Gasteiger partial charge in [0.2, 0.25) is 0 Å². The molecular formula is C14H19BrFN. The Morgan fingerprint density at radius 3 is 2.88 bits per heavy atom. The van der Waals surface area contributed by atoms with E-state index in [1.54, 1.807) is 6.07 Å². The van der Waals surface area contributed by atoms with Gasteiger partial charge in [0.15, 0.2) is 0 Å². The second-order valence-corrected chi connectivity index (χ2v) is 6.02. The van der Waals surface area contributed by atoms with Crippen molar-refractivity contribution in [3.05, 3.63) is 34.1 Å². The maximum atomic E-state index is 14.1. The van der Waals surface area contributed by atoms with Crippen LogP contribution in [0.25, 0.3) is 0 Å². The highest BCUT2D eigenvalue weighted by molar-refractivity contribution is 9.10. The predicted molar refractivity (Wildman–Crippen MR) is 72.4 cm³/mol. The maximum Gasteiger partial charge on any atom is 0.140 e. The number of rotatable bonds is 2. The van der Waals surface area contributed by atoms with Crippen molar-refractivity contribution >= 4 is 15.9 Å². The molecule has 2 N–H and O–H groups in total. The summed E-state index contributed by atoms with van der Waals surface area (Å²) in [5.41, 5.74) is 6.66. The fourth-order valence-corrected chi connectivity index (χ4v) is 3.29. The van der Waals surface area contributed by atoms with E-state index in [0.717, 1.165) is 18.4 Å². The number of nitrogens with two attached hydrogens (primary N) is 1. The Bertz CT molecular complexity index is 394. The normalized spacial score (nSPS) is 29.3. The minimum absolute atomic E-state index is 0.106. The molecule has 0 aliphatic heterocycles.